The number of nitrogens with one attached hydrogen (secondary N) is 1. The van der Waals surface area contributed by atoms with Gasteiger partial charge in [-0.15, -0.1) is 10.2 Å². The summed E-state index contributed by atoms with van der Waals surface area (Å²) in [7, 11) is 1.95. The highest BCUT2D eigenvalue weighted by molar-refractivity contribution is 5.77. The number of ether oxygens (including phenoxy) is 1. The van der Waals surface area contributed by atoms with Gasteiger partial charge in [0.25, 0.3) is 0 Å². The van der Waals surface area contributed by atoms with E-state index in [1.54, 1.807) is 6.20 Å². The Kier molecular flexibility index (Phi) is 4.34. The lowest BCUT2D eigenvalue weighted by Gasteiger charge is -2.29. The minimum atomic E-state index is -0.0993. The normalized spacial score (nSPS) is 30.2. The molecule has 8 heteroatoms. The van der Waals surface area contributed by atoms with Gasteiger partial charge in [-0.05, 0) is 25.0 Å². The average Bonchev–Trinajstić information content (AvgIpc) is 3.46. The molecule has 3 saturated heterocycles. The van der Waals surface area contributed by atoms with Crippen molar-refractivity contribution in [3.63, 3.8) is 0 Å². The molecule has 1 N–H and O–H groups in total. The van der Waals surface area contributed by atoms with Crippen molar-refractivity contribution in [3.05, 3.63) is 24.5 Å². The van der Waals surface area contributed by atoms with E-state index in [9.17, 15) is 4.79 Å². The monoisotopic (exact) mass is 396 g/mol. The maximum atomic E-state index is 12.0. The molecule has 5 heterocycles. The highest BCUT2D eigenvalue weighted by Crippen LogP contribution is 2.55. The van der Waals surface area contributed by atoms with Crippen LogP contribution in [-0.2, 0) is 16.6 Å². The van der Waals surface area contributed by atoms with Gasteiger partial charge in [0.15, 0.2) is 11.6 Å². The molecular weight excluding hydrogens is 368 g/mol. The average molecular weight is 396 g/mol. The van der Waals surface area contributed by atoms with E-state index in [0.29, 0.717) is 18.4 Å². The number of amides is 1. The summed E-state index contributed by atoms with van der Waals surface area (Å²) < 4.78 is 8.42. The van der Waals surface area contributed by atoms with E-state index in [2.05, 4.69) is 25.4 Å². The molecule has 1 spiro atoms. The van der Waals surface area contributed by atoms with Crippen molar-refractivity contribution in [3.8, 4) is 11.5 Å². The van der Waals surface area contributed by atoms with Gasteiger partial charge in [0, 0.05) is 56.8 Å². The van der Waals surface area contributed by atoms with Gasteiger partial charge in [-0.1, -0.05) is 13.8 Å². The summed E-state index contributed by atoms with van der Waals surface area (Å²) in [6.45, 7) is 6.30. The number of carbonyl (C=O) groups is 1. The van der Waals surface area contributed by atoms with Gasteiger partial charge in [-0.25, -0.2) is 4.98 Å². The molecule has 2 bridgehead atoms. The molecule has 29 heavy (non-hydrogen) atoms. The predicted octanol–water partition coefficient (Wildman–Crippen LogP) is 1.63. The summed E-state index contributed by atoms with van der Waals surface area (Å²) in [4.78, 5) is 18.7. The molecule has 4 atom stereocenters. The third-order valence-electron chi connectivity index (χ3n) is 6.84. The lowest BCUT2D eigenvalue weighted by atomic mass is 9.73. The fraction of sp³-hybridized carbons (Fsp3) is 0.619. The second-order valence-electron chi connectivity index (χ2n) is 8.95. The van der Waals surface area contributed by atoms with Crippen LogP contribution in [0.25, 0.3) is 11.5 Å². The van der Waals surface area contributed by atoms with Crippen LogP contribution in [0.5, 0.6) is 0 Å². The van der Waals surface area contributed by atoms with Crippen LogP contribution in [0.4, 0.5) is 5.82 Å². The van der Waals surface area contributed by atoms with Crippen LogP contribution in [0.2, 0.25) is 0 Å². The predicted molar refractivity (Wildman–Crippen MR) is 108 cm³/mol. The Hall–Kier alpha value is -2.48. The molecule has 1 amide bonds. The van der Waals surface area contributed by atoms with Crippen LogP contribution in [0.15, 0.2) is 24.5 Å². The first-order chi connectivity index (χ1) is 14.0. The standard InChI is InChI=1S/C21H28N6O2/c1-13(2)20(28)23-10-14-15-11-27(12-21(15)7-6-17(14)29-21)18-5-4-16(24-25-18)19-22-8-9-26(19)3/h4-5,8-9,13-15,17H,6-7,10-12H2,1-3H3,(H,23,28)/t14-,15+,17+,21+/m0/s1. The van der Waals surface area contributed by atoms with Gasteiger partial charge >= 0.3 is 0 Å². The second-order valence-corrected chi connectivity index (χ2v) is 8.95. The number of anilines is 1. The molecule has 5 rings (SSSR count). The zero-order valence-corrected chi connectivity index (χ0v) is 17.2. The van der Waals surface area contributed by atoms with E-state index in [0.717, 1.165) is 43.3 Å². The molecule has 154 valence electrons. The molecular formula is C21H28N6O2. The second kappa shape index (κ2) is 6.79. The van der Waals surface area contributed by atoms with E-state index in [1.165, 1.54) is 0 Å². The van der Waals surface area contributed by atoms with E-state index in [1.807, 2.05) is 43.8 Å². The smallest absolute Gasteiger partial charge is 0.222 e. The summed E-state index contributed by atoms with van der Waals surface area (Å²) in [5.74, 6) is 2.61. The summed E-state index contributed by atoms with van der Waals surface area (Å²) in [6, 6.07) is 4.01. The van der Waals surface area contributed by atoms with Crippen molar-refractivity contribution in [2.45, 2.75) is 38.4 Å². The van der Waals surface area contributed by atoms with Gasteiger partial charge in [0.1, 0.15) is 5.69 Å². The summed E-state index contributed by atoms with van der Waals surface area (Å²) >= 11 is 0. The minimum absolute atomic E-state index is 0.0102. The Morgan fingerprint density at radius 2 is 2.24 bits per heavy atom. The number of hydrogen-bond donors (Lipinski definition) is 1. The van der Waals surface area contributed by atoms with E-state index in [4.69, 9.17) is 4.74 Å². The minimum Gasteiger partial charge on any atom is -0.369 e. The van der Waals surface area contributed by atoms with Gasteiger partial charge < -0.3 is 19.5 Å². The van der Waals surface area contributed by atoms with E-state index >= 15 is 0 Å². The number of imidazole rings is 1. The molecule has 0 unspecified atom stereocenters. The Balaban J connectivity index is 1.31. The van der Waals surface area contributed by atoms with Crippen molar-refractivity contribution < 1.29 is 9.53 Å². The van der Waals surface area contributed by atoms with Gasteiger partial charge in [0.2, 0.25) is 5.91 Å². The zero-order valence-electron chi connectivity index (χ0n) is 17.2. The fourth-order valence-corrected chi connectivity index (χ4v) is 5.29. The molecule has 0 aliphatic carbocycles. The third-order valence-corrected chi connectivity index (χ3v) is 6.84. The van der Waals surface area contributed by atoms with Crippen molar-refractivity contribution in [1.82, 2.24) is 25.1 Å². The number of fused-ring (bicyclic) bond motifs is 1. The van der Waals surface area contributed by atoms with Gasteiger partial charge in [0.05, 0.1) is 11.7 Å². The van der Waals surface area contributed by atoms with Crippen molar-refractivity contribution >= 4 is 11.7 Å². The molecule has 2 aromatic rings. The quantitative estimate of drug-likeness (QED) is 0.827. The Morgan fingerprint density at radius 1 is 1.38 bits per heavy atom. The molecule has 8 nitrogen and oxygen atoms in total. The topological polar surface area (TPSA) is 85.2 Å². The molecule has 0 saturated carbocycles. The zero-order chi connectivity index (χ0) is 20.2. The Labute approximate surface area is 170 Å². The van der Waals surface area contributed by atoms with Crippen LogP contribution in [-0.4, -0.2) is 57.0 Å². The molecule has 0 aromatic carbocycles. The van der Waals surface area contributed by atoms with Crippen LogP contribution in [0, 0.1) is 17.8 Å². The van der Waals surface area contributed by atoms with Crippen LogP contribution in [0.3, 0.4) is 0 Å². The highest BCUT2D eigenvalue weighted by Gasteiger charge is 2.63. The number of carbonyl (C=O) groups excluding carboxylic acids is 1. The lowest BCUT2D eigenvalue weighted by molar-refractivity contribution is -0.124. The largest absolute Gasteiger partial charge is 0.369 e. The van der Waals surface area contributed by atoms with Gasteiger partial charge in [-0.2, -0.15) is 0 Å². The van der Waals surface area contributed by atoms with Crippen LogP contribution >= 0.6 is 0 Å². The summed E-state index contributed by atoms with van der Waals surface area (Å²) in [6.07, 6.45) is 6.10. The van der Waals surface area contributed by atoms with Crippen molar-refractivity contribution in [1.29, 1.82) is 0 Å². The Morgan fingerprint density at radius 3 is 2.93 bits per heavy atom. The maximum Gasteiger partial charge on any atom is 0.222 e. The lowest BCUT2D eigenvalue weighted by Crippen LogP contribution is -2.42. The Bertz CT molecular complexity index is 910. The number of hydrogen-bond acceptors (Lipinski definition) is 6. The fourth-order valence-electron chi connectivity index (χ4n) is 5.29. The molecule has 3 fully saturated rings. The number of nitrogens with zero attached hydrogens (tertiary/aromatic N) is 5. The molecule has 3 aliphatic rings. The first-order valence-electron chi connectivity index (χ1n) is 10.5. The highest BCUT2D eigenvalue weighted by atomic mass is 16.5. The number of aryl methyl sites for hydroxylation is 1. The van der Waals surface area contributed by atoms with Crippen molar-refractivity contribution in [2.75, 3.05) is 24.5 Å². The third kappa shape index (κ3) is 3.01. The first kappa shape index (κ1) is 18.5. The molecule has 0 radical (unpaired) electrons. The first-order valence-corrected chi connectivity index (χ1v) is 10.5. The van der Waals surface area contributed by atoms with Crippen LogP contribution in [0.1, 0.15) is 26.7 Å². The SMILES string of the molecule is CC(C)C(=O)NC[C@H]1[C@H]2CN(c3ccc(-c4nccn4C)nn3)C[C@]23CC[C@H]1O3. The summed E-state index contributed by atoms with van der Waals surface area (Å²) in [5, 5.41) is 12.0. The number of aromatic nitrogens is 4. The van der Waals surface area contributed by atoms with Crippen molar-refractivity contribution in [2.24, 2.45) is 24.8 Å². The summed E-state index contributed by atoms with van der Waals surface area (Å²) in [5.41, 5.74) is 0.669. The van der Waals surface area contributed by atoms with E-state index in [-0.39, 0.29) is 23.5 Å². The van der Waals surface area contributed by atoms with Gasteiger partial charge in [-0.3, -0.25) is 4.79 Å². The molecule has 3 aliphatic heterocycles. The van der Waals surface area contributed by atoms with E-state index < -0.39 is 0 Å². The molecule has 2 aromatic heterocycles. The van der Waals surface area contributed by atoms with Crippen LogP contribution < -0.4 is 10.2 Å². The number of rotatable bonds is 5. The maximum absolute atomic E-state index is 12.0.